The first-order chi connectivity index (χ1) is 18.6. The molecule has 1 fully saturated rings. The number of hydrogen-bond acceptors (Lipinski definition) is 12. The molecule has 2 aliphatic heterocycles. The number of methoxy groups -OCH3 is 3. The van der Waals surface area contributed by atoms with E-state index < -0.39 is 52.3 Å². The third-order valence-corrected chi connectivity index (χ3v) is 16.8. The van der Waals surface area contributed by atoms with Gasteiger partial charge in [0.1, 0.15) is 0 Å². The van der Waals surface area contributed by atoms with Crippen LogP contribution < -0.4 is 22.1 Å². The summed E-state index contributed by atoms with van der Waals surface area (Å²) in [6.07, 6.45) is -0.428. The first-order valence-corrected chi connectivity index (χ1v) is 18.8. The van der Waals surface area contributed by atoms with Crippen LogP contribution in [0.4, 0.5) is 0 Å². The Morgan fingerprint density at radius 3 is 1.82 bits per heavy atom. The molecule has 2 aliphatic rings. The number of rotatable bonds is 8. The summed E-state index contributed by atoms with van der Waals surface area (Å²) in [5.41, 5.74) is 1.08. The van der Waals surface area contributed by atoms with Gasteiger partial charge in [-0.15, -0.1) is 0 Å². The van der Waals surface area contributed by atoms with Gasteiger partial charge >= 0.3 is 233 Å². The van der Waals surface area contributed by atoms with E-state index in [1.54, 1.807) is 19.2 Å². The van der Waals surface area contributed by atoms with Gasteiger partial charge in [0.2, 0.25) is 0 Å². The number of ether oxygens (including phenoxy) is 6. The summed E-state index contributed by atoms with van der Waals surface area (Å²) in [5, 5.41) is 0. The van der Waals surface area contributed by atoms with Crippen LogP contribution in [0, 0.1) is 0 Å². The van der Waals surface area contributed by atoms with Gasteiger partial charge in [-0.3, -0.25) is 0 Å². The molecule has 2 aromatic rings. The van der Waals surface area contributed by atoms with Crippen LogP contribution >= 0.6 is 0 Å². The number of carbonyl (C=O) groups excluding carboxylic acids is 3. The van der Waals surface area contributed by atoms with E-state index in [-0.39, 0.29) is 40.0 Å². The maximum absolute atomic E-state index is 12.4. The summed E-state index contributed by atoms with van der Waals surface area (Å²) < 4.78 is 52.5. The number of fused-ring (bicyclic) bond motifs is 2. The Morgan fingerprint density at radius 2 is 1.36 bits per heavy atom. The van der Waals surface area contributed by atoms with Crippen molar-refractivity contribution in [3.8, 4) is 23.0 Å². The third-order valence-electron chi connectivity index (χ3n) is 6.13. The monoisotopic (exact) mass is 742 g/mol. The molecule has 0 saturated carbocycles. The van der Waals surface area contributed by atoms with Crippen LogP contribution in [0.1, 0.15) is 44.4 Å². The molecule has 12 nitrogen and oxygen atoms in total. The van der Waals surface area contributed by atoms with Crippen LogP contribution in [-0.2, 0) is 37.7 Å². The minimum atomic E-state index is -5.95. The van der Waals surface area contributed by atoms with Crippen LogP contribution in [0.5, 0.6) is 23.0 Å². The zero-order valence-corrected chi connectivity index (χ0v) is 26.4. The van der Waals surface area contributed by atoms with E-state index >= 15 is 0 Å². The SMILES string of the molecule is COc1ccc(C2CC3(OCCO3)c3c(OC)cc(OC)[c]([Pb]([O]C(C)=O)([O]C(C)=O)[O]C(C)=O)c3O2)cc1. The Morgan fingerprint density at radius 1 is 0.821 bits per heavy atom. The average Bonchev–Trinajstić information content (AvgIpc) is 3.34. The van der Waals surface area contributed by atoms with Gasteiger partial charge in [0, 0.05) is 0 Å². The Bertz CT molecular complexity index is 1210. The molecule has 2 heterocycles. The van der Waals surface area contributed by atoms with E-state index in [0.29, 0.717) is 11.3 Å². The minimum absolute atomic E-state index is 0.0121. The summed E-state index contributed by atoms with van der Waals surface area (Å²) in [6, 6.07) is 8.73. The van der Waals surface area contributed by atoms with Crippen molar-refractivity contribution < 1.29 is 50.9 Å². The van der Waals surface area contributed by atoms with Gasteiger partial charge in [-0.25, -0.2) is 0 Å². The van der Waals surface area contributed by atoms with Gasteiger partial charge in [-0.05, 0) is 0 Å². The fourth-order valence-electron chi connectivity index (χ4n) is 4.74. The number of carbonyl (C=O) groups is 3. The maximum atomic E-state index is 12.4. The fraction of sp³-hybridized carbons (Fsp3) is 0.423. The molecule has 0 amide bonds. The summed E-state index contributed by atoms with van der Waals surface area (Å²) >= 11 is -5.95. The molecule has 39 heavy (non-hydrogen) atoms. The third kappa shape index (κ3) is 5.63. The van der Waals surface area contributed by atoms with E-state index in [0.717, 1.165) is 26.3 Å². The number of benzene rings is 2. The van der Waals surface area contributed by atoms with E-state index in [9.17, 15) is 14.4 Å². The zero-order chi connectivity index (χ0) is 28.4. The Balaban J connectivity index is 2.06. The van der Waals surface area contributed by atoms with Crippen LogP contribution in [0.15, 0.2) is 30.3 Å². The molecule has 13 heteroatoms. The van der Waals surface area contributed by atoms with E-state index in [1.165, 1.54) is 20.3 Å². The van der Waals surface area contributed by atoms with Gasteiger partial charge in [0.05, 0.1) is 0 Å². The molecule has 0 aliphatic carbocycles. The zero-order valence-electron chi connectivity index (χ0n) is 22.5. The molecule has 1 atom stereocenters. The summed E-state index contributed by atoms with van der Waals surface area (Å²) in [4.78, 5) is 37.1. The molecule has 1 spiro atoms. The van der Waals surface area contributed by atoms with Crippen molar-refractivity contribution in [3.63, 3.8) is 0 Å². The second kappa shape index (κ2) is 11.6. The first-order valence-electron chi connectivity index (χ1n) is 12.0. The Labute approximate surface area is 231 Å². The van der Waals surface area contributed by atoms with Gasteiger partial charge in [-0.1, -0.05) is 0 Å². The molecular formula is C26H30O12Pb. The topological polar surface area (TPSA) is 134 Å². The molecule has 210 valence electrons. The van der Waals surface area contributed by atoms with Gasteiger partial charge in [0.25, 0.3) is 0 Å². The summed E-state index contributed by atoms with van der Waals surface area (Å²) in [6.45, 7) is 3.93. The second-order valence-electron chi connectivity index (χ2n) is 8.73. The average molecular weight is 742 g/mol. The molecule has 0 radical (unpaired) electrons. The van der Waals surface area contributed by atoms with Gasteiger partial charge in [-0.2, -0.15) is 0 Å². The normalized spacial score (nSPS) is 17.4. The molecule has 1 saturated heterocycles. The van der Waals surface area contributed by atoms with E-state index in [4.69, 9.17) is 36.5 Å². The van der Waals surface area contributed by atoms with Crippen molar-refractivity contribution in [1.82, 2.24) is 0 Å². The van der Waals surface area contributed by atoms with Crippen LogP contribution in [0.3, 0.4) is 0 Å². The van der Waals surface area contributed by atoms with Crippen molar-refractivity contribution in [2.45, 2.75) is 39.1 Å². The standard InChI is InChI=1S/C20H21O6.3C2H4O2.Pb/c1-21-14-6-4-13(5-7-14)18-12-20(24-8-9-25-20)19-16(23-3)10-15(22-2)11-17(19)26-18;3*1-2(3)4;/h4-7,10,18H,8-9,12H2,1-3H3;3*1H3,(H,3,4);/q;;;;+3/p-3. The molecule has 0 bridgehead atoms. The predicted octanol–water partition coefficient (Wildman–Crippen LogP) is 2.27. The van der Waals surface area contributed by atoms with Crippen molar-refractivity contribution in [2.75, 3.05) is 34.5 Å². The second-order valence-corrected chi connectivity index (χ2v) is 17.4. The van der Waals surface area contributed by atoms with Crippen molar-refractivity contribution in [3.05, 3.63) is 41.5 Å². The van der Waals surface area contributed by atoms with Crippen LogP contribution in [0.25, 0.3) is 0 Å². The van der Waals surface area contributed by atoms with Crippen molar-refractivity contribution in [2.24, 2.45) is 0 Å². The van der Waals surface area contributed by atoms with Crippen LogP contribution in [0.2, 0.25) is 0 Å². The van der Waals surface area contributed by atoms with E-state index in [1.807, 2.05) is 12.1 Å². The predicted molar refractivity (Wildman–Crippen MR) is 135 cm³/mol. The summed E-state index contributed by atoms with van der Waals surface area (Å²) in [7, 11) is 4.38. The fourth-order valence-corrected chi connectivity index (χ4v) is 14.5. The Hall–Kier alpha value is -3.11. The molecule has 4 rings (SSSR count). The van der Waals surface area contributed by atoms with Gasteiger partial charge < -0.3 is 0 Å². The molecular weight excluding hydrogens is 711 g/mol. The van der Waals surface area contributed by atoms with Gasteiger partial charge in [0.15, 0.2) is 0 Å². The molecule has 2 aromatic carbocycles. The molecule has 0 aromatic heterocycles. The number of hydrogen-bond donors (Lipinski definition) is 0. The van der Waals surface area contributed by atoms with E-state index in [2.05, 4.69) is 0 Å². The molecule has 1 unspecified atom stereocenters. The first kappa shape index (κ1) is 28.9. The van der Waals surface area contributed by atoms with Crippen LogP contribution in [-0.4, -0.2) is 75.0 Å². The molecule has 0 N–H and O–H groups in total. The van der Waals surface area contributed by atoms with Crippen molar-refractivity contribution >= 4 is 43.6 Å². The summed E-state index contributed by atoms with van der Waals surface area (Å²) in [5.74, 6) is -2.74. The quantitative estimate of drug-likeness (QED) is 0.368. The Kier molecular flexibility index (Phi) is 8.56. The van der Waals surface area contributed by atoms with Crippen molar-refractivity contribution in [1.29, 1.82) is 0 Å².